The summed E-state index contributed by atoms with van der Waals surface area (Å²) in [5.41, 5.74) is 0.877. The van der Waals surface area contributed by atoms with Crippen LogP contribution in [0.2, 0.25) is 0 Å². The second kappa shape index (κ2) is 11.2. The zero-order chi connectivity index (χ0) is 23.8. The van der Waals surface area contributed by atoms with Crippen LogP contribution in [0, 0.1) is 11.3 Å². The molecule has 33 heavy (non-hydrogen) atoms. The van der Waals surface area contributed by atoms with Gasteiger partial charge >= 0.3 is 6.09 Å². The van der Waals surface area contributed by atoms with E-state index in [1.165, 1.54) is 5.56 Å². The molecule has 3 rings (SSSR count). The number of nitrogens with one attached hydrogen (secondary N) is 1. The normalized spacial score (nSPS) is 18.5. The predicted octanol–water partition coefficient (Wildman–Crippen LogP) is 2.73. The van der Waals surface area contributed by atoms with Crippen LogP contribution in [-0.2, 0) is 16.1 Å². The number of carbonyl (C=O) groups excluding carboxylic acids is 2. The quantitative estimate of drug-likeness (QED) is 0.545. The number of nitrogens with zero attached hydrogens (tertiary/aromatic N) is 4. The predicted molar refractivity (Wildman–Crippen MR) is 126 cm³/mol. The number of carbonyl (C=O) groups is 2. The number of nitriles is 1. The molecule has 0 saturated carbocycles. The Labute approximate surface area is 196 Å². The summed E-state index contributed by atoms with van der Waals surface area (Å²) < 4.78 is 5.43. The third-order valence-corrected chi connectivity index (χ3v) is 5.87. The van der Waals surface area contributed by atoms with Crippen LogP contribution in [0.4, 0.5) is 4.79 Å². The highest BCUT2D eigenvalue weighted by atomic mass is 16.6. The van der Waals surface area contributed by atoms with Crippen LogP contribution in [0.5, 0.6) is 0 Å². The summed E-state index contributed by atoms with van der Waals surface area (Å²) >= 11 is 0. The lowest BCUT2D eigenvalue weighted by Crippen LogP contribution is -2.49. The Balaban J connectivity index is 1.44. The molecule has 2 aliphatic rings. The zero-order valence-corrected chi connectivity index (χ0v) is 19.9. The van der Waals surface area contributed by atoms with Crippen LogP contribution >= 0.6 is 0 Å². The van der Waals surface area contributed by atoms with E-state index in [-0.39, 0.29) is 23.6 Å². The number of hydrogen-bond donors (Lipinski definition) is 1. The van der Waals surface area contributed by atoms with Crippen molar-refractivity contribution in [3.8, 4) is 6.07 Å². The number of benzene rings is 1. The summed E-state index contributed by atoms with van der Waals surface area (Å²) in [7, 11) is 0. The molecule has 0 bridgehead atoms. The maximum atomic E-state index is 12.8. The molecule has 1 aromatic carbocycles. The average Bonchev–Trinajstić information content (AvgIpc) is 2.80. The number of rotatable bonds is 5. The third kappa shape index (κ3) is 7.50. The van der Waals surface area contributed by atoms with Crippen molar-refractivity contribution in [2.75, 3.05) is 39.3 Å². The third-order valence-electron chi connectivity index (χ3n) is 5.87. The fourth-order valence-electron chi connectivity index (χ4n) is 4.02. The van der Waals surface area contributed by atoms with Crippen LogP contribution in [0.15, 0.2) is 42.1 Å². The van der Waals surface area contributed by atoms with E-state index in [2.05, 4.69) is 28.4 Å². The van der Waals surface area contributed by atoms with Crippen molar-refractivity contribution in [1.82, 2.24) is 20.0 Å². The van der Waals surface area contributed by atoms with E-state index in [1.54, 1.807) is 16.0 Å². The van der Waals surface area contributed by atoms with Gasteiger partial charge < -0.3 is 19.9 Å². The molecule has 0 unspecified atom stereocenters. The molecule has 2 fully saturated rings. The maximum Gasteiger partial charge on any atom is 0.410 e. The first-order valence-corrected chi connectivity index (χ1v) is 11.6. The molecule has 1 N–H and O–H groups in total. The largest absolute Gasteiger partial charge is 0.444 e. The molecule has 2 amide bonds. The lowest BCUT2D eigenvalue weighted by atomic mass is 10.1. The number of piperazine rings is 1. The second-order valence-electron chi connectivity index (χ2n) is 9.63. The fourth-order valence-corrected chi connectivity index (χ4v) is 4.02. The van der Waals surface area contributed by atoms with Gasteiger partial charge in [0.2, 0.25) is 0 Å². The monoisotopic (exact) mass is 453 g/mol. The van der Waals surface area contributed by atoms with Gasteiger partial charge in [-0.1, -0.05) is 30.3 Å². The van der Waals surface area contributed by atoms with Crippen LogP contribution in [0.3, 0.4) is 0 Å². The summed E-state index contributed by atoms with van der Waals surface area (Å²) in [5.74, 6) is -0.226. The molecule has 0 spiro atoms. The van der Waals surface area contributed by atoms with Crippen LogP contribution in [0.1, 0.15) is 39.2 Å². The number of amides is 2. The summed E-state index contributed by atoms with van der Waals surface area (Å²) in [5, 5.41) is 12.8. The summed E-state index contributed by atoms with van der Waals surface area (Å²) in [4.78, 5) is 30.8. The van der Waals surface area contributed by atoms with Gasteiger partial charge in [0.15, 0.2) is 0 Å². The minimum absolute atomic E-state index is 0.113. The van der Waals surface area contributed by atoms with Gasteiger partial charge in [0.25, 0.3) is 5.91 Å². The minimum atomic E-state index is -0.510. The van der Waals surface area contributed by atoms with Gasteiger partial charge in [0.05, 0.1) is 0 Å². The average molecular weight is 454 g/mol. The van der Waals surface area contributed by atoms with Crippen molar-refractivity contribution in [3.63, 3.8) is 0 Å². The Morgan fingerprint density at radius 3 is 2.27 bits per heavy atom. The summed E-state index contributed by atoms with van der Waals surface area (Å²) in [6, 6.07) is 12.5. The zero-order valence-electron chi connectivity index (χ0n) is 19.9. The molecule has 2 aliphatic heterocycles. The van der Waals surface area contributed by atoms with E-state index < -0.39 is 5.60 Å². The Morgan fingerprint density at radius 2 is 1.70 bits per heavy atom. The molecule has 8 heteroatoms. The first-order chi connectivity index (χ1) is 15.7. The van der Waals surface area contributed by atoms with Crippen LogP contribution in [0.25, 0.3) is 0 Å². The highest BCUT2D eigenvalue weighted by Gasteiger charge is 2.27. The van der Waals surface area contributed by atoms with Crippen molar-refractivity contribution < 1.29 is 14.3 Å². The molecule has 0 aromatic heterocycles. The minimum Gasteiger partial charge on any atom is -0.444 e. The number of likely N-dealkylation sites (tertiary alicyclic amines) is 1. The lowest BCUT2D eigenvalue weighted by molar-refractivity contribution is -0.128. The van der Waals surface area contributed by atoms with Crippen molar-refractivity contribution in [2.45, 2.75) is 51.8 Å². The van der Waals surface area contributed by atoms with Gasteiger partial charge in [0, 0.05) is 58.1 Å². The molecule has 0 atom stereocenters. The standard InChI is InChI=1S/C25H35N5O3/c1-25(2,3)33-24(32)30-11-9-22(10-12-30)27-18-21(17-26)23(31)29-15-13-28(14-16-29)19-20-7-5-4-6-8-20/h4-8,18,22,27H,9-16,19H2,1-3H3/b21-18-. The van der Waals surface area contributed by atoms with Crippen molar-refractivity contribution in [1.29, 1.82) is 5.26 Å². The van der Waals surface area contributed by atoms with Gasteiger partial charge in [0.1, 0.15) is 17.2 Å². The van der Waals surface area contributed by atoms with E-state index in [0.29, 0.717) is 26.2 Å². The highest BCUT2D eigenvalue weighted by molar-refractivity contribution is 5.97. The number of ether oxygens (including phenoxy) is 1. The summed E-state index contributed by atoms with van der Waals surface area (Å²) in [6.45, 7) is 10.4. The van der Waals surface area contributed by atoms with Gasteiger partial charge in [-0.15, -0.1) is 0 Å². The maximum absolute atomic E-state index is 12.8. The first-order valence-electron chi connectivity index (χ1n) is 11.6. The van der Waals surface area contributed by atoms with Crippen molar-refractivity contribution in [3.05, 3.63) is 47.7 Å². The Hall–Kier alpha value is -3.05. The van der Waals surface area contributed by atoms with E-state index in [4.69, 9.17) is 4.74 Å². The van der Waals surface area contributed by atoms with Gasteiger partial charge in [-0.25, -0.2) is 4.79 Å². The summed E-state index contributed by atoms with van der Waals surface area (Å²) in [6.07, 6.45) is 2.73. The molecule has 0 aliphatic carbocycles. The molecule has 8 nitrogen and oxygen atoms in total. The molecule has 2 saturated heterocycles. The van der Waals surface area contributed by atoms with E-state index in [9.17, 15) is 14.9 Å². The van der Waals surface area contributed by atoms with Gasteiger partial charge in [-0.3, -0.25) is 9.69 Å². The molecular formula is C25H35N5O3. The molecule has 1 aromatic rings. The number of piperidine rings is 1. The Kier molecular flexibility index (Phi) is 8.34. The molecule has 2 heterocycles. The Morgan fingerprint density at radius 1 is 1.06 bits per heavy atom. The number of hydrogen-bond acceptors (Lipinski definition) is 6. The Bertz CT molecular complexity index is 872. The highest BCUT2D eigenvalue weighted by Crippen LogP contribution is 2.16. The van der Waals surface area contributed by atoms with Crippen LogP contribution < -0.4 is 5.32 Å². The second-order valence-corrected chi connectivity index (χ2v) is 9.63. The van der Waals surface area contributed by atoms with E-state index >= 15 is 0 Å². The fraction of sp³-hybridized carbons (Fsp3) is 0.560. The van der Waals surface area contributed by atoms with E-state index in [1.807, 2.05) is 39.0 Å². The lowest BCUT2D eigenvalue weighted by Gasteiger charge is -2.35. The first kappa shape index (κ1) is 24.6. The van der Waals surface area contributed by atoms with Gasteiger partial charge in [-0.2, -0.15) is 5.26 Å². The van der Waals surface area contributed by atoms with Gasteiger partial charge in [-0.05, 0) is 39.2 Å². The topological polar surface area (TPSA) is 88.9 Å². The molecule has 0 radical (unpaired) electrons. The van der Waals surface area contributed by atoms with Crippen LogP contribution in [-0.4, -0.2) is 77.6 Å². The smallest absolute Gasteiger partial charge is 0.410 e. The van der Waals surface area contributed by atoms with Crippen molar-refractivity contribution >= 4 is 12.0 Å². The SMILES string of the molecule is CC(C)(C)OC(=O)N1CCC(N/C=C(/C#N)C(=O)N2CCN(Cc3ccccc3)CC2)CC1. The van der Waals surface area contributed by atoms with E-state index in [0.717, 1.165) is 32.5 Å². The molecular weight excluding hydrogens is 418 g/mol. The molecule has 178 valence electrons. The van der Waals surface area contributed by atoms with Crippen molar-refractivity contribution in [2.24, 2.45) is 0 Å².